The number of ether oxygens (including phenoxy) is 1. The fraction of sp³-hybridized carbons (Fsp3) is 0.722. The lowest BCUT2D eigenvalue weighted by atomic mass is 10.00. The van der Waals surface area contributed by atoms with Crippen LogP contribution >= 0.6 is 0 Å². The first-order valence-corrected chi connectivity index (χ1v) is 9.02. The molecule has 6 nitrogen and oxygen atoms in total. The first-order chi connectivity index (χ1) is 11.7. The van der Waals surface area contributed by atoms with E-state index in [-0.39, 0.29) is 12.1 Å². The topological polar surface area (TPSA) is 58.0 Å². The van der Waals surface area contributed by atoms with E-state index in [2.05, 4.69) is 10.2 Å². The van der Waals surface area contributed by atoms with E-state index in [0.29, 0.717) is 19.1 Å². The molecular weight excluding hydrogens is 306 g/mol. The third-order valence-electron chi connectivity index (χ3n) is 5.14. The number of hydrogen-bond acceptors (Lipinski definition) is 4. The molecule has 134 valence electrons. The average molecular weight is 335 g/mol. The summed E-state index contributed by atoms with van der Waals surface area (Å²) in [6, 6.07) is 4.27. The van der Waals surface area contributed by atoms with Gasteiger partial charge in [0, 0.05) is 39.4 Å². The number of urea groups is 1. The molecule has 2 aliphatic rings. The zero-order valence-electron chi connectivity index (χ0n) is 14.8. The normalized spacial score (nSPS) is 22.9. The summed E-state index contributed by atoms with van der Waals surface area (Å²) in [6.07, 6.45) is 4.48. The van der Waals surface area contributed by atoms with Crippen molar-refractivity contribution in [2.75, 3.05) is 39.9 Å². The lowest BCUT2D eigenvalue weighted by molar-refractivity contribution is 0.0628. The molecule has 0 bridgehead atoms. The monoisotopic (exact) mass is 335 g/mol. The minimum absolute atomic E-state index is 0.00961. The molecule has 0 aliphatic carbocycles. The predicted molar refractivity (Wildman–Crippen MR) is 92.0 cm³/mol. The fourth-order valence-electron chi connectivity index (χ4n) is 3.74. The summed E-state index contributed by atoms with van der Waals surface area (Å²) in [5.41, 5.74) is 0. The smallest absolute Gasteiger partial charge is 0.318 e. The summed E-state index contributed by atoms with van der Waals surface area (Å²) in [4.78, 5) is 17.2. The highest BCUT2D eigenvalue weighted by Crippen LogP contribution is 2.23. The zero-order valence-corrected chi connectivity index (χ0v) is 14.8. The third kappa shape index (κ3) is 4.11. The maximum Gasteiger partial charge on any atom is 0.318 e. The van der Waals surface area contributed by atoms with E-state index < -0.39 is 0 Å². The summed E-state index contributed by atoms with van der Waals surface area (Å²) in [7, 11) is 1.68. The molecule has 1 aromatic rings. The van der Waals surface area contributed by atoms with E-state index in [1.165, 1.54) is 25.8 Å². The van der Waals surface area contributed by atoms with Crippen LogP contribution in [-0.4, -0.2) is 61.8 Å². The van der Waals surface area contributed by atoms with E-state index in [0.717, 1.165) is 31.2 Å². The van der Waals surface area contributed by atoms with E-state index in [1.54, 1.807) is 7.11 Å². The van der Waals surface area contributed by atoms with Crippen LogP contribution in [0.2, 0.25) is 0 Å². The number of aryl methyl sites for hydroxylation is 1. The summed E-state index contributed by atoms with van der Waals surface area (Å²) in [6.45, 7) is 6.31. The number of piperidine rings is 1. The van der Waals surface area contributed by atoms with Gasteiger partial charge in [-0.05, 0) is 44.9 Å². The zero-order chi connectivity index (χ0) is 16.9. The number of carbonyl (C=O) groups excluding carboxylic acids is 1. The molecule has 24 heavy (non-hydrogen) atoms. The van der Waals surface area contributed by atoms with Crippen LogP contribution in [0.3, 0.4) is 0 Å². The molecule has 2 saturated heterocycles. The van der Waals surface area contributed by atoms with Crippen molar-refractivity contribution in [3.05, 3.63) is 23.7 Å². The average Bonchev–Trinajstić information content (AvgIpc) is 3.04. The molecule has 1 N–H and O–H groups in total. The van der Waals surface area contributed by atoms with Gasteiger partial charge in [0.15, 0.2) is 0 Å². The van der Waals surface area contributed by atoms with Crippen LogP contribution in [0, 0.1) is 6.92 Å². The largest absolute Gasteiger partial charge is 0.464 e. The molecule has 3 rings (SSSR count). The van der Waals surface area contributed by atoms with Crippen molar-refractivity contribution in [2.24, 2.45) is 0 Å². The van der Waals surface area contributed by atoms with Gasteiger partial charge in [-0.1, -0.05) is 6.42 Å². The maximum absolute atomic E-state index is 12.7. The van der Waals surface area contributed by atoms with Gasteiger partial charge in [-0.25, -0.2) is 4.79 Å². The lowest BCUT2D eigenvalue weighted by Crippen LogP contribution is -2.58. The number of hydrogen-bond donors (Lipinski definition) is 1. The molecule has 0 unspecified atom stereocenters. The first kappa shape index (κ1) is 17.3. The molecule has 1 aromatic heterocycles. The number of nitrogens with zero attached hydrogens (tertiary/aromatic N) is 2. The Kier molecular flexibility index (Phi) is 5.79. The van der Waals surface area contributed by atoms with Gasteiger partial charge in [-0.3, -0.25) is 4.90 Å². The summed E-state index contributed by atoms with van der Waals surface area (Å²) < 4.78 is 10.9. The molecule has 3 heterocycles. The molecule has 2 aliphatic heterocycles. The van der Waals surface area contributed by atoms with Crippen LogP contribution in [0.5, 0.6) is 0 Å². The standard InChI is InChI=1S/C18H29N3O3/c1-14-6-7-17(24-14)16(8-12-23-2)19-18(22)21-11-10-20-9-4-3-5-15(20)13-21/h6-7,15-16H,3-5,8-13H2,1-2H3,(H,19,22)/t15-,16-/m0/s1. The van der Waals surface area contributed by atoms with E-state index in [1.807, 2.05) is 24.0 Å². The minimum Gasteiger partial charge on any atom is -0.464 e. The van der Waals surface area contributed by atoms with Gasteiger partial charge in [-0.15, -0.1) is 0 Å². The molecule has 2 atom stereocenters. The Morgan fingerprint density at radius 1 is 1.38 bits per heavy atom. The van der Waals surface area contributed by atoms with Crippen molar-refractivity contribution in [1.29, 1.82) is 0 Å². The second-order valence-corrected chi connectivity index (χ2v) is 6.86. The van der Waals surface area contributed by atoms with Crippen molar-refractivity contribution >= 4 is 6.03 Å². The number of nitrogens with one attached hydrogen (secondary N) is 1. The van der Waals surface area contributed by atoms with Crippen molar-refractivity contribution in [3.63, 3.8) is 0 Å². The number of amides is 2. The van der Waals surface area contributed by atoms with Crippen LogP contribution < -0.4 is 5.32 Å². The van der Waals surface area contributed by atoms with Gasteiger partial charge in [0.05, 0.1) is 6.04 Å². The van der Waals surface area contributed by atoms with Crippen molar-refractivity contribution in [2.45, 2.75) is 44.7 Å². The summed E-state index contributed by atoms with van der Waals surface area (Å²) in [5.74, 6) is 1.66. The van der Waals surface area contributed by atoms with Gasteiger partial charge in [-0.2, -0.15) is 0 Å². The SMILES string of the molecule is COCC[C@H](NC(=O)N1CCN2CCCC[C@H]2C1)c1ccc(C)o1. The number of carbonyl (C=O) groups is 1. The Morgan fingerprint density at radius 2 is 2.25 bits per heavy atom. The van der Waals surface area contributed by atoms with Gasteiger partial charge >= 0.3 is 6.03 Å². The first-order valence-electron chi connectivity index (χ1n) is 9.02. The molecule has 6 heteroatoms. The van der Waals surface area contributed by atoms with Crippen molar-refractivity contribution < 1.29 is 13.9 Å². The summed E-state index contributed by atoms with van der Waals surface area (Å²) in [5, 5.41) is 3.14. The second kappa shape index (κ2) is 8.03. The van der Waals surface area contributed by atoms with E-state index >= 15 is 0 Å². The number of methoxy groups -OCH3 is 1. The molecule has 2 fully saturated rings. The Labute approximate surface area is 144 Å². The fourth-order valence-corrected chi connectivity index (χ4v) is 3.74. The van der Waals surface area contributed by atoms with Gasteiger partial charge in [0.1, 0.15) is 11.5 Å². The van der Waals surface area contributed by atoms with Gasteiger partial charge in [0.2, 0.25) is 0 Å². The highest BCUT2D eigenvalue weighted by atomic mass is 16.5. The number of fused-ring (bicyclic) bond motifs is 1. The molecule has 0 radical (unpaired) electrons. The predicted octanol–water partition coefficient (Wildman–Crippen LogP) is 2.55. The van der Waals surface area contributed by atoms with Crippen molar-refractivity contribution in [1.82, 2.24) is 15.1 Å². The quantitative estimate of drug-likeness (QED) is 0.898. The second-order valence-electron chi connectivity index (χ2n) is 6.86. The molecular formula is C18H29N3O3. The molecule has 0 saturated carbocycles. The third-order valence-corrected chi connectivity index (χ3v) is 5.14. The van der Waals surface area contributed by atoms with E-state index in [9.17, 15) is 4.79 Å². The lowest BCUT2D eigenvalue weighted by Gasteiger charge is -2.44. The maximum atomic E-state index is 12.7. The van der Waals surface area contributed by atoms with Crippen LogP contribution in [0.15, 0.2) is 16.5 Å². The molecule has 0 spiro atoms. The number of rotatable bonds is 5. The number of furan rings is 1. The molecule has 0 aromatic carbocycles. The number of piperazine rings is 1. The van der Waals surface area contributed by atoms with Crippen LogP contribution in [-0.2, 0) is 4.74 Å². The highest BCUT2D eigenvalue weighted by Gasteiger charge is 2.32. The van der Waals surface area contributed by atoms with Gasteiger partial charge in [0.25, 0.3) is 0 Å². The Balaban J connectivity index is 1.60. The Hall–Kier alpha value is -1.53. The Morgan fingerprint density at radius 3 is 3.00 bits per heavy atom. The molecule has 2 amide bonds. The summed E-state index contributed by atoms with van der Waals surface area (Å²) >= 11 is 0. The minimum atomic E-state index is -0.143. The van der Waals surface area contributed by atoms with Crippen LogP contribution in [0.1, 0.15) is 43.2 Å². The highest BCUT2D eigenvalue weighted by molar-refractivity contribution is 5.74. The van der Waals surface area contributed by atoms with E-state index in [4.69, 9.17) is 9.15 Å². The van der Waals surface area contributed by atoms with Crippen LogP contribution in [0.25, 0.3) is 0 Å². The Bertz CT molecular complexity index is 545. The van der Waals surface area contributed by atoms with Crippen molar-refractivity contribution in [3.8, 4) is 0 Å². The van der Waals surface area contributed by atoms with Crippen LogP contribution in [0.4, 0.5) is 4.79 Å². The van der Waals surface area contributed by atoms with Gasteiger partial charge < -0.3 is 19.4 Å².